The Bertz CT molecular complexity index is 233. The number of hydrogen-bond donors (Lipinski definition) is 1. The van der Waals surface area contributed by atoms with Crippen molar-refractivity contribution in [1.29, 1.82) is 0 Å². The summed E-state index contributed by atoms with van der Waals surface area (Å²) in [6, 6.07) is 0. The van der Waals surface area contributed by atoms with Crippen LogP contribution in [-0.2, 0) is 0 Å². The molecular weight excluding hydrogens is 186 g/mol. The molecule has 2 heteroatoms. The van der Waals surface area contributed by atoms with E-state index in [0.717, 1.165) is 6.42 Å². The number of rotatable bonds is 2. The largest absolute Gasteiger partial charge is 0.313 e. The fraction of sp³-hybridized carbons (Fsp3) is 1.00. The SMILES string of the molecule is CC(C)C(C)C1CC(C)(C)N(O)C1(C)C. The molecule has 15 heavy (non-hydrogen) atoms. The molecule has 0 aromatic rings. The molecule has 1 aliphatic heterocycles. The van der Waals surface area contributed by atoms with E-state index in [1.807, 2.05) is 0 Å². The third kappa shape index (κ3) is 2.07. The predicted molar refractivity (Wildman–Crippen MR) is 63.9 cm³/mol. The van der Waals surface area contributed by atoms with Crippen molar-refractivity contribution in [1.82, 2.24) is 5.06 Å². The summed E-state index contributed by atoms with van der Waals surface area (Å²) in [7, 11) is 0. The van der Waals surface area contributed by atoms with E-state index in [9.17, 15) is 5.21 Å². The summed E-state index contributed by atoms with van der Waals surface area (Å²) in [4.78, 5) is 0. The normalized spacial score (nSPS) is 32.2. The first-order chi connectivity index (χ1) is 6.60. The van der Waals surface area contributed by atoms with Crippen LogP contribution >= 0.6 is 0 Å². The Morgan fingerprint density at radius 2 is 1.60 bits per heavy atom. The van der Waals surface area contributed by atoms with E-state index in [2.05, 4.69) is 48.5 Å². The van der Waals surface area contributed by atoms with Crippen molar-refractivity contribution in [3.8, 4) is 0 Å². The van der Waals surface area contributed by atoms with E-state index in [-0.39, 0.29) is 11.1 Å². The zero-order valence-corrected chi connectivity index (χ0v) is 11.3. The number of hydrogen-bond acceptors (Lipinski definition) is 2. The van der Waals surface area contributed by atoms with E-state index in [4.69, 9.17) is 0 Å². The third-order valence-electron chi connectivity index (χ3n) is 4.43. The van der Waals surface area contributed by atoms with Crippen LogP contribution < -0.4 is 0 Å². The zero-order valence-electron chi connectivity index (χ0n) is 11.3. The Morgan fingerprint density at radius 1 is 1.13 bits per heavy atom. The van der Waals surface area contributed by atoms with Gasteiger partial charge in [-0.3, -0.25) is 0 Å². The van der Waals surface area contributed by atoms with Crippen LogP contribution in [0.2, 0.25) is 0 Å². The van der Waals surface area contributed by atoms with Gasteiger partial charge in [0, 0.05) is 11.1 Å². The summed E-state index contributed by atoms with van der Waals surface area (Å²) in [5.74, 6) is 1.89. The predicted octanol–water partition coefficient (Wildman–Crippen LogP) is 3.55. The maximum Gasteiger partial charge on any atom is 0.0441 e. The van der Waals surface area contributed by atoms with Crippen LogP contribution in [0.15, 0.2) is 0 Å². The molecule has 1 heterocycles. The molecular formula is C13H27NO. The van der Waals surface area contributed by atoms with Crippen molar-refractivity contribution < 1.29 is 5.21 Å². The average Bonchev–Trinajstić information content (AvgIpc) is 2.25. The van der Waals surface area contributed by atoms with Gasteiger partial charge in [0.1, 0.15) is 0 Å². The minimum absolute atomic E-state index is 0.0860. The van der Waals surface area contributed by atoms with Crippen LogP contribution in [0.3, 0.4) is 0 Å². The second-order valence-corrected chi connectivity index (χ2v) is 6.69. The first-order valence-electron chi connectivity index (χ1n) is 6.10. The standard InChI is InChI=1S/C13H27NO/c1-9(2)10(3)11-8-12(4,5)14(15)13(11,6)7/h9-11,15H,8H2,1-7H3. The van der Waals surface area contributed by atoms with E-state index < -0.39 is 0 Å². The molecule has 2 nitrogen and oxygen atoms in total. The molecule has 0 aliphatic carbocycles. The van der Waals surface area contributed by atoms with Gasteiger partial charge in [0.05, 0.1) is 0 Å². The maximum atomic E-state index is 10.2. The minimum Gasteiger partial charge on any atom is -0.313 e. The van der Waals surface area contributed by atoms with Crippen LogP contribution in [0, 0.1) is 17.8 Å². The Labute approximate surface area is 94.6 Å². The molecule has 1 aliphatic rings. The highest BCUT2D eigenvalue weighted by Crippen LogP contribution is 2.48. The molecule has 0 radical (unpaired) electrons. The summed E-state index contributed by atoms with van der Waals surface area (Å²) in [6.45, 7) is 15.4. The van der Waals surface area contributed by atoms with Crippen molar-refractivity contribution in [3.63, 3.8) is 0 Å². The van der Waals surface area contributed by atoms with Crippen molar-refractivity contribution in [2.75, 3.05) is 0 Å². The van der Waals surface area contributed by atoms with Crippen molar-refractivity contribution in [3.05, 3.63) is 0 Å². The number of nitrogens with zero attached hydrogens (tertiary/aromatic N) is 1. The fourth-order valence-electron chi connectivity index (χ4n) is 3.11. The van der Waals surface area contributed by atoms with E-state index in [1.54, 1.807) is 5.06 Å². The monoisotopic (exact) mass is 213 g/mol. The molecule has 0 saturated carbocycles. The van der Waals surface area contributed by atoms with E-state index in [1.165, 1.54) is 0 Å². The molecule has 1 rings (SSSR count). The molecule has 1 fully saturated rings. The first-order valence-corrected chi connectivity index (χ1v) is 6.10. The fourth-order valence-corrected chi connectivity index (χ4v) is 3.11. The van der Waals surface area contributed by atoms with Gasteiger partial charge in [0.15, 0.2) is 0 Å². The number of hydroxylamine groups is 2. The summed E-state index contributed by atoms with van der Waals surface area (Å²) in [5.41, 5.74) is -0.190. The molecule has 0 bridgehead atoms. The third-order valence-corrected chi connectivity index (χ3v) is 4.43. The van der Waals surface area contributed by atoms with Gasteiger partial charge >= 0.3 is 0 Å². The molecule has 2 unspecified atom stereocenters. The van der Waals surface area contributed by atoms with Gasteiger partial charge in [-0.1, -0.05) is 20.8 Å². The second-order valence-electron chi connectivity index (χ2n) is 6.69. The average molecular weight is 213 g/mol. The van der Waals surface area contributed by atoms with Crippen LogP contribution in [0.4, 0.5) is 0 Å². The lowest BCUT2D eigenvalue weighted by molar-refractivity contribution is -0.199. The lowest BCUT2D eigenvalue weighted by Gasteiger charge is -2.38. The van der Waals surface area contributed by atoms with Gasteiger partial charge in [-0.2, -0.15) is 5.06 Å². The van der Waals surface area contributed by atoms with Crippen LogP contribution in [0.25, 0.3) is 0 Å². The molecule has 2 atom stereocenters. The molecule has 0 spiro atoms. The van der Waals surface area contributed by atoms with Crippen molar-refractivity contribution >= 4 is 0 Å². The topological polar surface area (TPSA) is 23.5 Å². The zero-order chi connectivity index (χ0) is 12.0. The Hall–Kier alpha value is -0.0800. The van der Waals surface area contributed by atoms with Gasteiger partial charge < -0.3 is 5.21 Å². The smallest absolute Gasteiger partial charge is 0.0441 e. The quantitative estimate of drug-likeness (QED) is 0.758. The van der Waals surface area contributed by atoms with Crippen LogP contribution in [-0.4, -0.2) is 21.3 Å². The molecule has 0 amide bonds. The van der Waals surface area contributed by atoms with Crippen LogP contribution in [0.1, 0.15) is 54.9 Å². The Kier molecular flexibility index (Phi) is 3.24. The Morgan fingerprint density at radius 3 is 1.87 bits per heavy atom. The Balaban J connectivity index is 2.94. The second kappa shape index (κ2) is 3.74. The van der Waals surface area contributed by atoms with Gasteiger partial charge in [-0.25, -0.2) is 0 Å². The highest BCUT2D eigenvalue weighted by Gasteiger charge is 2.52. The highest BCUT2D eigenvalue weighted by atomic mass is 16.5. The van der Waals surface area contributed by atoms with Crippen molar-refractivity contribution in [2.45, 2.75) is 66.0 Å². The minimum atomic E-state index is -0.104. The summed E-state index contributed by atoms with van der Waals surface area (Å²) < 4.78 is 0. The lowest BCUT2D eigenvalue weighted by Crippen LogP contribution is -2.48. The van der Waals surface area contributed by atoms with Crippen LogP contribution in [0.5, 0.6) is 0 Å². The highest BCUT2D eigenvalue weighted by molar-refractivity contribution is 5.03. The summed E-state index contributed by atoms with van der Waals surface area (Å²) in [5, 5.41) is 11.8. The van der Waals surface area contributed by atoms with Gasteiger partial charge in [0.25, 0.3) is 0 Å². The van der Waals surface area contributed by atoms with Gasteiger partial charge in [-0.05, 0) is 51.9 Å². The van der Waals surface area contributed by atoms with E-state index in [0.29, 0.717) is 17.8 Å². The van der Waals surface area contributed by atoms with E-state index >= 15 is 0 Å². The summed E-state index contributed by atoms with van der Waals surface area (Å²) >= 11 is 0. The molecule has 0 aromatic heterocycles. The van der Waals surface area contributed by atoms with Gasteiger partial charge in [0.2, 0.25) is 0 Å². The molecule has 90 valence electrons. The lowest BCUT2D eigenvalue weighted by atomic mass is 9.74. The summed E-state index contributed by atoms with van der Waals surface area (Å²) in [6.07, 6.45) is 1.08. The van der Waals surface area contributed by atoms with Gasteiger partial charge in [-0.15, -0.1) is 0 Å². The molecule has 1 N–H and O–H groups in total. The van der Waals surface area contributed by atoms with Crippen molar-refractivity contribution in [2.24, 2.45) is 17.8 Å². The maximum absolute atomic E-state index is 10.2. The molecule has 1 saturated heterocycles. The molecule has 0 aromatic carbocycles. The first kappa shape index (κ1) is 13.0.